The van der Waals surface area contributed by atoms with Crippen LogP contribution in [0.5, 0.6) is 0 Å². The van der Waals surface area contributed by atoms with Gasteiger partial charge in [-0.15, -0.1) is 0 Å². The van der Waals surface area contributed by atoms with Gasteiger partial charge in [0.15, 0.2) is 0 Å². The van der Waals surface area contributed by atoms with E-state index in [9.17, 15) is 22.7 Å². The van der Waals surface area contributed by atoms with Crippen LogP contribution in [0.4, 0.5) is 23.2 Å². The molecule has 0 fully saturated rings. The average molecular weight is 285 g/mol. The Labute approximate surface area is 112 Å². The highest BCUT2D eigenvalue weighted by Gasteiger charge is 2.31. The maximum Gasteiger partial charge on any atom is 0.416 e. The molecule has 6 heteroatoms. The maximum atomic E-state index is 12.8. The number of alkyl halides is 3. The highest BCUT2D eigenvalue weighted by molar-refractivity contribution is 5.53. The van der Waals surface area contributed by atoms with Crippen molar-refractivity contribution in [3.63, 3.8) is 0 Å². The van der Waals surface area contributed by atoms with Crippen molar-refractivity contribution in [1.82, 2.24) is 0 Å². The number of anilines is 1. The van der Waals surface area contributed by atoms with Crippen LogP contribution < -0.4 is 5.73 Å². The monoisotopic (exact) mass is 285 g/mol. The molecule has 2 nitrogen and oxygen atoms in total. The van der Waals surface area contributed by atoms with E-state index >= 15 is 0 Å². The minimum Gasteiger partial charge on any atom is -0.398 e. The summed E-state index contributed by atoms with van der Waals surface area (Å²) in [6.07, 6.45) is -5.70. The first kappa shape index (κ1) is 14.3. The molecule has 0 amide bonds. The van der Waals surface area contributed by atoms with Crippen molar-refractivity contribution in [3.05, 3.63) is 65.0 Å². The SMILES string of the molecule is Nc1cc(C(F)(F)F)ccc1C(O)c1ccc(F)cc1. The number of benzene rings is 2. The predicted molar refractivity (Wildman–Crippen MR) is 66.3 cm³/mol. The topological polar surface area (TPSA) is 46.2 Å². The minimum atomic E-state index is -4.49. The summed E-state index contributed by atoms with van der Waals surface area (Å²) in [4.78, 5) is 0. The Kier molecular flexibility index (Phi) is 3.67. The van der Waals surface area contributed by atoms with E-state index in [0.29, 0.717) is 5.56 Å². The van der Waals surface area contributed by atoms with Crippen molar-refractivity contribution in [2.45, 2.75) is 12.3 Å². The highest BCUT2D eigenvalue weighted by Crippen LogP contribution is 2.34. The van der Waals surface area contributed by atoms with Crippen LogP contribution >= 0.6 is 0 Å². The van der Waals surface area contributed by atoms with E-state index in [0.717, 1.165) is 30.3 Å². The van der Waals surface area contributed by atoms with Crippen molar-refractivity contribution in [3.8, 4) is 0 Å². The van der Waals surface area contributed by atoms with Gasteiger partial charge in [-0.3, -0.25) is 0 Å². The van der Waals surface area contributed by atoms with Crippen LogP contribution in [0.3, 0.4) is 0 Å². The molecule has 0 bridgehead atoms. The van der Waals surface area contributed by atoms with E-state index < -0.39 is 23.7 Å². The molecule has 2 aromatic carbocycles. The van der Waals surface area contributed by atoms with E-state index in [1.165, 1.54) is 12.1 Å². The van der Waals surface area contributed by atoms with Gasteiger partial charge in [-0.2, -0.15) is 13.2 Å². The second-order valence-corrected chi connectivity index (χ2v) is 4.30. The normalized spacial score (nSPS) is 13.2. The molecule has 0 aromatic heterocycles. The number of hydrogen-bond donors (Lipinski definition) is 2. The van der Waals surface area contributed by atoms with Gasteiger partial charge >= 0.3 is 6.18 Å². The van der Waals surface area contributed by atoms with Crippen LogP contribution in [0.2, 0.25) is 0 Å². The first-order valence-electron chi connectivity index (χ1n) is 5.69. The molecule has 0 heterocycles. The quantitative estimate of drug-likeness (QED) is 0.655. The van der Waals surface area contributed by atoms with Gasteiger partial charge in [0.05, 0.1) is 5.56 Å². The van der Waals surface area contributed by atoms with E-state index in [4.69, 9.17) is 5.73 Å². The molecule has 3 N–H and O–H groups in total. The summed E-state index contributed by atoms with van der Waals surface area (Å²) in [6, 6.07) is 7.72. The third-order valence-electron chi connectivity index (χ3n) is 2.89. The lowest BCUT2D eigenvalue weighted by molar-refractivity contribution is -0.137. The second kappa shape index (κ2) is 5.13. The largest absolute Gasteiger partial charge is 0.416 e. The predicted octanol–water partition coefficient (Wildman–Crippen LogP) is 3.51. The molecule has 1 atom stereocenters. The lowest BCUT2D eigenvalue weighted by atomic mass is 9.98. The molecular weight excluding hydrogens is 274 g/mol. The highest BCUT2D eigenvalue weighted by atomic mass is 19.4. The zero-order valence-corrected chi connectivity index (χ0v) is 10.2. The summed E-state index contributed by atoms with van der Waals surface area (Å²) in [5.74, 6) is -0.471. The van der Waals surface area contributed by atoms with Gasteiger partial charge in [-0.05, 0) is 29.8 Å². The number of rotatable bonds is 2. The summed E-state index contributed by atoms with van der Waals surface area (Å²) in [5, 5.41) is 10.1. The zero-order chi connectivity index (χ0) is 14.9. The minimum absolute atomic E-state index is 0.143. The van der Waals surface area contributed by atoms with Crippen LogP contribution in [0.25, 0.3) is 0 Å². The Morgan fingerprint density at radius 2 is 1.60 bits per heavy atom. The molecule has 106 valence electrons. The summed E-state index contributed by atoms with van der Waals surface area (Å²) in [7, 11) is 0. The Hall–Kier alpha value is -2.08. The van der Waals surface area contributed by atoms with Gasteiger partial charge in [-0.25, -0.2) is 4.39 Å². The molecule has 2 aromatic rings. The molecule has 0 saturated heterocycles. The number of nitrogen functional groups attached to an aromatic ring is 1. The van der Waals surface area contributed by atoms with Gasteiger partial charge in [0.1, 0.15) is 11.9 Å². The van der Waals surface area contributed by atoms with Gasteiger partial charge in [0.2, 0.25) is 0 Å². The van der Waals surface area contributed by atoms with E-state index in [1.807, 2.05) is 0 Å². The Morgan fingerprint density at radius 1 is 1.00 bits per heavy atom. The van der Waals surface area contributed by atoms with Crippen molar-refractivity contribution in [2.24, 2.45) is 0 Å². The smallest absolute Gasteiger partial charge is 0.398 e. The standard InChI is InChI=1S/C14H11F4NO/c15-10-4-1-8(2-5-10)13(20)11-6-3-9(7-12(11)19)14(16,17)18/h1-7,13,20H,19H2. The number of aliphatic hydroxyl groups is 1. The van der Waals surface area contributed by atoms with Gasteiger partial charge in [0.25, 0.3) is 0 Å². The van der Waals surface area contributed by atoms with Gasteiger partial charge < -0.3 is 10.8 Å². The fourth-order valence-electron chi connectivity index (χ4n) is 1.82. The van der Waals surface area contributed by atoms with Crippen LogP contribution in [0, 0.1) is 5.82 Å². The summed E-state index contributed by atoms with van der Waals surface area (Å²) in [5.41, 5.74) is 4.99. The van der Waals surface area contributed by atoms with Crippen molar-refractivity contribution in [1.29, 1.82) is 0 Å². The third kappa shape index (κ3) is 2.91. The first-order valence-corrected chi connectivity index (χ1v) is 5.69. The lowest BCUT2D eigenvalue weighted by Crippen LogP contribution is -2.09. The lowest BCUT2D eigenvalue weighted by Gasteiger charge is -2.16. The molecule has 0 saturated carbocycles. The van der Waals surface area contributed by atoms with Crippen LogP contribution in [0.1, 0.15) is 22.8 Å². The van der Waals surface area contributed by atoms with Gasteiger partial charge in [0, 0.05) is 11.3 Å². The van der Waals surface area contributed by atoms with E-state index in [1.54, 1.807) is 0 Å². The van der Waals surface area contributed by atoms with Crippen LogP contribution in [-0.2, 0) is 6.18 Å². The third-order valence-corrected chi connectivity index (χ3v) is 2.89. The van der Waals surface area contributed by atoms with Crippen LogP contribution in [-0.4, -0.2) is 5.11 Å². The van der Waals surface area contributed by atoms with Crippen LogP contribution in [0.15, 0.2) is 42.5 Å². The van der Waals surface area contributed by atoms with Gasteiger partial charge in [-0.1, -0.05) is 18.2 Å². The Morgan fingerprint density at radius 3 is 2.10 bits per heavy atom. The molecule has 0 aliphatic heterocycles. The molecule has 1 unspecified atom stereocenters. The van der Waals surface area contributed by atoms with Crippen molar-refractivity contribution < 1.29 is 22.7 Å². The number of aliphatic hydroxyl groups excluding tert-OH is 1. The zero-order valence-electron chi connectivity index (χ0n) is 10.2. The molecule has 0 aliphatic rings. The molecule has 2 rings (SSSR count). The summed E-state index contributed by atoms with van der Waals surface area (Å²) >= 11 is 0. The number of hydrogen-bond acceptors (Lipinski definition) is 2. The fraction of sp³-hybridized carbons (Fsp3) is 0.143. The summed E-state index contributed by atoms with van der Waals surface area (Å²) < 4.78 is 50.3. The van der Waals surface area contributed by atoms with Crippen molar-refractivity contribution >= 4 is 5.69 Å². The maximum absolute atomic E-state index is 12.8. The first-order chi connectivity index (χ1) is 9.29. The fourth-order valence-corrected chi connectivity index (χ4v) is 1.82. The van der Waals surface area contributed by atoms with E-state index in [-0.39, 0.29) is 11.3 Å². The van der Waals surface area contributed by atoms with Crippen molar-refractivity contribution in [2.75, 3.05) is 5.73 Å². The second-order valence-electron chi connectivity index (χ2n) is 4.30. The molecule has 0 spiro atoms. The molecule has 0 radical (unpaired) electrons. The molecule has 0 aliphatic carbocycles. The number of halogens is 4. The van der Waals surface area contributed by atoms with E-state index in [2.05, 4.69) is 0 Å². The number of nitrogens with two attached hydrogens (primary N) is 1. The summed E-state index contributed by atoms with van der Waals surface area (Å²) in [6.45, 7) is 0. The Bertz CT molecular complexity index is 608. The Balaban J connectivity index is 2.36. The molecular formula is C14H11F4NO. The molecule has 20 heavy (non-hydrogen) atoms. The average Bonchev–Trinajstić information content (AvgIpc) is 2.37.